The zero-order valence-electron chi connectivity index (χ0n) is 16.1. The van der Waals surface area contributed by atoms with Gasteiger partial charge in [0, 0.05) is 23.9 Å². The molecule has 3 rings (SSSR count). The maximum atomic E-state index is 12.5. The molecule has 1 N–H and O–H groups in total. The molecule has 150 valence electrons. The van der Waals surface area contributed by atoms with Crippen molar-refractivity contribution in [1.82, 2.24) is 14.5 Å². The lowest BCUT2D eigenvalue weighted by Crippen LogP contribution is -2.36. The number of carbonyl (C=O) groups is 2. The fourth-order valence-electron chi connectivity index (χ4n) is 2.71. The first-order valence-corrected chi connectivity index (χ1v) is 10.7. The van der Waals surface area contributed by atoms with Crippen LogP contribution >= 0.6 is 27.7 Å². The van der Waals surface area contributed by atoms with E-state index in [4.69, 9.17) is 0 Å². The van der Waals surface area contributed by atoms with Crippen molar-refractivity contribution in [2.45, 2.75) is 12.1 Å². The Bertz CT molecular complexity index is 1020. The molecular formula is C21H21BrN4O2S. The summed E-state index contributed by atoms with van der Waals surface area (Å²) in [6.07, 6.45) is 3.60. The smallest absolute Gasteiger partial charge is 0.244 e. The lowest BCUT2D eigenvalue weighted by Gasteiger charge is -2.17. The molecule has 0 atom stereocenters. The number of thioether (sulfide) groups is 1. The van der Waals surface area contributed by atoms with E-state index in [-0.39, 0.29) is 24.1 Å². The van der Waals surface area contributed by atoms with Crippen molar-refractivity contribution in [1.29, 1.82) is 0 Å². The van der Waals surface area contributed by atoms with Gasteiger partial charge in [-0.05, 0) is 46.6 Å². The summed E-state index contributed by atoms with van der Waals surface area (Å²) in [5.74, 6) is -0.197. The Morgan fingerprint density at radius 1 is 1.17 bits per heavy atom. The van der Waals surface area contributed by atoms with Crippen LogP contribution in [0.25, 0.3) is 5.69 Å². The highest BCUT2D eigenvalue weighted by Crippen LogP contribution is 2.23. The molecular weight excluding hydrogens is 452 g/mol. The monoisotopic (exact) mass is 472 g/mol. The Labute approximate surface area is 182 Å². The summed E-state index contributed by atoms with van der Waals surface area (Å²) in [6.45, 7) is 2.01. The molecule has 0 spiro atoms. The number of benzene rings is 2. The molecule has 29 heavy (non-hydrogen) atoms. The molecule has 3 aromatic rings. The van der Waals surface area contributed by atoms with Crippen LogP contribution in [-0.4, -0.2) is 45.6 Å². The Morgan fingerprint density at radius 2 is 1.90 bits per heavy atom. The van der Waals surface area contributed by atoms with Crippen molar-refractivity contribution < 1.29 is 9.59 Å². The fourth-order valence-corrected chi connectivity index (χ4v) is 4.00. The number of aromatic nitrogens is 2. The Kier molecular flexibility index (Phi) is 7.11. The third-order valence-electron chi connectivity index (χ3n) is 4.26. The minimum Gasteiger partial charge on any atom is -0.336 e. The largest absolute Gasteiger partial charge is 0.336 e. The van der Waals surface area contributed by atoms with E-state index in [1.165, 1.54) is 16.7 Å². The summed E-state index contributed by atoms with van der Waals surface area (Å²) < 4.78 is 2.76. The highest BCUT2D eigenvalue weighted by Gasteiger charge is 2.16. The van der Waals surface area contributed by atoms with Crippen LogP contribution < -0.4 is 5.32 Å². The van der Waals surface area contributed by atoms with Gasteiger partial charge in [-0.15, -0.1) is 0 Å². The Hall–Kier alpha value is -2.58. The van der Waals surface area contributed by atoms with Gasteiger partial charge in [0.1, 0.15) is 0 Å². The van der Waals surface area contributed by atoms with Gasteiger partial charge in [-0.2, -0.15) is 0 Å². The van der Waals surface area contributed by atoms with Gasteiger partial charge < -0.3 is 10.2 Å². The molecule has 1 aromatic heterocycles. The van der Waals surface area contributed by atoms with Crippen molar-refractivity contribution in [2.75, 3.05) is 24.7 Å². The van der Waals surface area contributed by atoms with Crippen molar-refractivity contribution in [3.8, 4) is 5.69 Å². The molecule has 0 aliphatic heterocycles. The molecule has 2 aromatic carbocycles. The molecule has 6 nitrogen and oxygen atoms in total. The van der Waals surface area contributed by atoms with Crippen LogP contribution in [0, 0.1) is 6.92 Å². The maximum absolute atomic E-state index is 12.5. The summed E-state index contributed by atoms with van der Waals surface area (Å²) in [7, 11) is 1.62. The van der Waals surface area contributed by atoms with Crippen LogP contribution in [0.3, 0.4) is 0 Å². The Morgan fingerprint density at radius 3 is 2.66 bits per heavy atom. The number of halogens is 1. The quantitative estimate of drug-likeness (QED) is 0.524. The summed E-state index contributed by atoms with van der Waals surface area (Å²) in [6, 6.07) is 15.4. The van der Waals surface area contributed by atoms with Crippen molar-refractivity contribution >= 4 is 45.2 Å². The molecule has 2 amide bonds. The Balaban J connectivity index is 1.56. The second-order valence-electron chi connectivity index (χ2n) is 6.43. The number of nitrogens with one attached hydrogen (secondary N) is 1. The van der Waals surface area contributed by atoms with Crippen LogP contribution in [-0.2, 0) is 9.59 Å². The van der Waals surface area contributed by atoms with E-state index in [1.807, 2.05) is 60.2 Å². The summed E-state index contributed by atoms with van der Waals surface area (Å²) in [5, 5.41) is 3.53. The van der Waals surface area contributed by atoms with Crippen LogP contribution in [0.1, 0.15) is 5.56 Å². The minimum absolute atomic E-state index is 0.0209. The topological polar surface area (TPSA) is 67.2 Å². The van der Waals surface area contributed by atoms with E-state index < -0.39 is 0 Å². The molecule has 0 unspecified atom stereocenters. The van der Waals surface area contributed by atoms with E-state index >= 15 is 0 Å². The fraction of sp³-hybridized carbons (Fsp3) is 0.190. The third kappa shape index (κ3) is 5.48. The molecule has 0 saturated carbocycles. The number of likely N-dealkylation sites (N-methyl/N-ethyl adjacent to an activating group) is 1. The maximum Gasteiger partial charge on any atom is 0.244 e. The highest BCUT2D eigenvalue weighted by molar-refractivity contribution is 9.10. The molecule has 0 bridgehead atoms. The van der Waals surface area contributed by atoms with E-state index in [1.54, 1.807) is 19.3 Å². The number of hydrogen-bond acceptors (Lipinski definition) is 4. The zero-order valence-corrected chi connectivity index (χ0v) is 18.5. The second kappa shape index (κ2) is 9.76. The van der Waals surface area contributed by atoms with Gasteiger partial charge in [0.05, 0.1) is 23.7 Å². The van der Waals surface area contributed by atoms with E-state index in [0.29, 0.717) is 5.69 Å². The van der Waals surface area contributed by atoms with Crippen LogP contribution in [0.2, 0.25) is 0 Å². The molecule has 0 aliphatic carbocycles. The standard InChI is InChI=1S/C21H21BrN4O2S/c1-15-7-3-6-10-18(15)26-12-11-23-21(26)29-14-20(28)25(2)13-19(27)24-17-9-5-4-8-16(17)22/h3-12H,13-14H2,1-2H3,(H,24,27). The molecule has 0 saturated heterocycles. The van der Waals surface area contributed by atoms with Crippen LogP contribution in [0.4, 0.5) is 5.69 Å². The second-order valence-corrected chi connectivity index (χ2v) is 8.23. The molecule has 0 fully saturated rings. The van der Waals surface area contributed by atoms with Gasteiger partial charge in [-0.25, -0.2) is 4.98 Å². The molecule has 8 heteroatoms. The number of nitrogens with zero attached hydrogens (tertiary/aromatic N) is 3. The van der Waals surface area contributed by atoms with Crippen molar-refractivity contribution in [3.63, 3.8) is 0 Å². The van der Waals surface area contributed by atoms with Gasteiger partial charge >= 0.3 is 0 Å². The van der Waals surface area contributed by atoms with E-state index in [9.17, 15) is 9.59 Å². The number of rotatable bonds is 7. The van der Waals surface area contributed by atoms with Crippen LogP contribution in [0.15, 0.2) is 70.6 Å². The lowest BCUT2D eigenvalue weighted by atomic mass is 10.2. The average Bonchev–Trinajstić information content (AvgIpc) is 3.16. The number of aryl methyl sites for hydroxylation is 1. The number of amides is 2. The number of hydrogen-bond donors (Lipinski definition) is 1. The summed E-state index contributed by atoms with van der Waals surface area (Å²) in [4.78, 5) is 30.5. The number of para-hydroxylation sites is 2. The molecule has 0 radical (unpaired) electrons. The van der Waals surface area contributed by atoms with Gasteiger partial charge in [0.15, 0.2) is 5.16 Å². The van der Waals surface area contributed by atoms with Crippen molar-refractivity contribution in [2.24, 2.45) is 0 Å². The number of carbonyl (C=O) groups excluding carboxylic acids is 2. The first-order valence-electron chi connectivity index (χ1n) is 8.96. The predicted octanol–water partition coefficient (Wildman–Crippen LogP) is 4.13. The first-order chi connectivity index (χ1) is 14.0. The third-order valence-corrected chi connectivity index (χ3v) is 5.90. The van der Waals surface area contributed by atoms with Gasteiger partial charge in [-0.1, -0.05) is 42.1 Å². The van der Waals surface area contributed by atoms with Crippen molar-refractivity contribution in [3.05, 3.63) is 71.0 Å². The number of imidazole rings is 1. The first kappa shape index (κ1) is 21.1. The minimum atomic E-state index is -0.251. The van der Waals surface area contributed by atoms with Gasteiger partial charge in [0.2, 0.25) is 11.8 Å². The summed E-state index contributed by atoms with van der Waals surface area (Å²) >= 11 is 4.74. The van der Waals surface area contributed by atoms with E-state index in [0.717, 1.165) is 20.9 Å². The molecule has 0 aliphatic rings. The van der Waals surface area contributed by atoms with E-state index in [2.05, 4.69) is 26.2 Å². The van der Waals surface area contributed by atoms with Gasteiger partial charge in [-0.3, -0.25) is 14.2 Å². The van der Waals surface area contributed by atoms with Crippen LogP contribution in [0.5, 0.6) is 0 Å². The number of anilines is 1. The summed E-state index contributed by atoms with van der Waals surface area (Å²) in [5.41, 5.74) is 2.83. The molecule has 1 heterocycles. The lowest BCUT2D eigenvalue weighted by molar-refractivity contribution is -0.131. The predicted molar refractivity (Wildman–Crippen MR) is 119 cm³/mol. The average molecular weight is 473 g/mol. The zero-order chi connectivity index (χ0) is 20.8. The SMILES string of the molecule is Cc1ccccc1-n1ccnc1SCC(=O)N(C)CC(=O)Nc1ccccc1Br. The highest BCUT2D eigenvalue weighted by atomic mass is 79.9. The normalized spacial score (nSPS) is 10.6. The van der Waals surface area contributed by atoms with Gasteiger partial charge in [0.25, 0.3) is 0 Å².